The van der Waals surface area contributed by atoms with Crippen molar-refractivity contribution in [3.8, 4) is 5.75 Å². The first-order chi connectivity index (χ1) is 7.45. The molecule has 6 heteroatoms. The zero-order valence-corrected chi connectivity index (χ0v) is 12.6. The third kappa shape index (κ3) is 3.30. The second kappa shape index (κ2) is 5.80. The molecule has 1 aromatic rings. The zero-order valence-electron chi connectivity index (χ0n) is 8.29. The van der Waals surface area contributed by atoms with Crippen LogP contribution >= 0.6 is 45.2 Å². The van der Waals surface area contributed by atoms with Crippen molar-refractivity contribution in [3.05, 3.63) is 24.8 Å². The smallest absolute Gasteiger partial charge is 0.374 e. The van der Waals surface area contributed by atoms with Crippen LogP contribution in [0.15, 0.2) is 12.1 Å². The molecule has 0 fully saturated rings. The van der Waals surface area contributed by atoms with Gasteiger partial charge in [-0.2, -0.15) is 0 Å². The quantitative estimate of drug-likeness (QED) is 0.438. The number of ketones is 1. The maximum atomic E-state index is 11.3. The summed E-state index contributed by atoms with van der Waals surface area (Å²) in [5.74, 6) is -1.26. The second-order valence-corrected chi connectivity index (χ2v) is 5.32. The summed E-state index contributed by atoms with van der Waals surface area (Å²) >= 11 is 3.93. The van der Waals surface area contributed by atoms with Crippen LogP contribution < -0.4 is 0 Å². The van der Waals surface area contributed by atoms with Gasteiger partial charge in [0.1, 0.15) is 5.75 Å². The molecular formula is C10H8I2O4. The average Bonchev–Trinajstić information content (AvgIpc) is 2.24. The number of phenolic OH excluding ortho intramolecular Hbond substituents is 1. The van der Waals surface area contributed by atoms with Crippen LogP contribution in [0.3, 0.4) is 0 Å². The van der Waals surface area contributed by atoms with Gasteiger partial charge >= 0.3 is 5.97 Å². The van der Waals surface area contributed by atoms with Crippen LogP contribution in [0.25, 0.3) is 0 Å². The van der Waals surface area contributed by atoms with Gasteiger partial charge in [0.25, 0.3) is 0 Å². The van der Waals surface area contributed by atoms with E-state index in [4.69, 9.17) is 0 Å². The van der Waals surface area contributed by atoms with Crippen molar-refractivity contribution in [2.24, 2.45) is 0 Å². The van der Waals surface area contributed by atoms with E-state index in [9.17, 15) is 14.7 Å². The lowest BCUT2D eigenvalue weighted by molar-refractivity contribution is -0.151. The van der Waals surface area contributed by atoms with Crippen LogP contribution in [0.1, 0.15) is 5.56 Å². The molecule has 0 spiro atoms. The molecule has 0 radical (unpaired) electrons. The summed E-state index contributed by atoms with van der Waals surface area (Å²) in [6.07, 6.45) is -0.0149. The van der Waals surface area contributed by atoms with E-state index in [1.54, 1.807) is 12.1 Å². The van der Waals surface area contributed by atoms with Crippen LogP contribution in [0.5, 0.6) is 5.75 Å². The van der Waals surface area contributed by atoms with Crippen molar-refractivity contribution in [1.29, 1.82) is 0 Å². The number of carbonyl (C=O) groups excluding carboxylic acids is 2. The molecule has 1 aromatic carbocycles. The van der Waals surface area contributed by atoms with Crippen LogP contribution in [0.2, 0.25) is 0 Å². The summed E-state index contributed by atoms with van der Waals surface area (Å²) in [6, 6.07) is 3.33. The van der Waals surface area contributed by atoms with E-state index in [2.05, 4.69) is 4.74 Å². The van der Waals surface area contributed by atoms with Crippen LogP contribution in [-0.4, -0.2) is 24.0 Å². The number of benzene rings is 1. The van der Waals surface area contributed by atoms with E-state index in [0.717, 1.165) is 0 Å². The molecule has 0 aliphatic heterocycles. The molecule has 0 bridgehead atoms. The predicted molar refractivity (Wildman–Crippen MR) is 74.3 cm³/mol. The zero-order chi connectivity index (χ0) is 12.3. The second-order valence-electron chi connectivity index (χ2n) is 3.00. The minimum absolute atomic E-state index is 0.0149. The number of esters is 1. The standard InChI is InChI=1S/C10H8I2O4/c1-16-10(15)8(13)4-5-2-6(11)9(14)7(12)3-5/h2-3,14H,4H2,1H3. The van der Waals surface area contributed by atoms with Gasteiger partial charge in [-0.1, -0.05) is 0 Å². The van der Waals surface area contributed by atoms with Gasteiger partial charge in [0.05, 0.1) is 14.3 Å². The maximum absolute atomic E-state index is 11.3. The van der Waals surface area contributed by atoms with Crippen molar-refractivity contribution in [3.63, 3.8) is 0 Å². The van der Waals surface area contributed by atoms with E-state index in [0.29, 0.717) is 12.7 Å². The van der Waals surface area contributed by atoms with Gasteiger partial charge in [0.15, 0.2) is 0 Å². The first-order valence-corrected chi connectivity index (χ1v) is 6.39. The Bertz CT molecular complexity index is 419. The molecule has 0 amide bonds. The Labute approximate surface area is 120 Å². The first kappa shape index (κ1) is 13.7. The highest BCUT2D eigenvalue weighted by atomic mass is 127. The number of halogens is 2. The molecule has 16 heavy (non-hydrogen) atoms. The van der Waals surface area contributed by atoms with Crippen LogP contribution in [0, 0.1) is 7.14 Å². The Kier molecular flexibility index (Phi) is 4.96. The van der Waals surface area contributed by atoms with Gasteiger partial charge in [0, 0.05) is 6.42 Å². The highest BCUT2D eigenvalue weighted by Gasteiger charge is 2.16. The first-order valence-electron chi connectivity index (χ1n) is 4.23. The van der Waals surface area contributed by atoms with E-state index >= 15 is 0 Å². The van der Waals surface area contributed by atoms with E-state index in [1.807, 2.05) is 45.2 Å². The highest BCUT2D eigenvalue weighted by molar-refractivity contribution is 14.1. The summed E-state index contributed by atoms with van der Waals surface area (Å²) in [5, 5.41) is 9.53. The number of hydrogen-bond acceptors (Lipinski definition) is 4. The van der Waals surface area contributed by atoms with Gasteiger partial charge < -0.3 is 9.84 Å². The Morgan fingerprint density at radius 3 is 2.25 bits per heavy atom. The monoisotopic (exact) mass is 446 g/mol. The molecule has 0 aromatic heterocycles. The van der Waals surface area contributed by atoms with Crippen molar-refractivity contribution in [2.45, 2.75) is 6.42 Å². The van der Waals surface area contributed by atoms with Gasteiger partial charge in [0.2, 0.25) is 5.78 Å². The third-order valence-corrected chi connectivity index (χ3v) is 3.50. The average molecular weight is 446 g/mol. The molecule has 0 atom stereocenters. The Morgan fingerprint density at radius 1 is 1.31 bits per heavy atom. The van der Waals surface area contributed by atoms with Gasteiger partial charge in [-0.05, 0) is 62.9 Å². The number of methoxy groups -OCH3 is 1. The summed E-state index contributed by atoms with van der Waals surface area (Å²) in [5.41, 5.74) is 0.682. The van der Waals surface area contributed by atoms with Gasteiger partial charge in [-0.25, -0.2) is 4.79 Å². The number of rotatable bonds is 3. The van der Waals surface area contributed by atoms with E-state index < -0.39 is 11.8 Å². The van der Waals surface area contributed by atoms with Crippen molar-refractivity contribution >= 4 is 56.9 Å². The Hall–Kier alpha value is -0.380. The van der Waals surface area contributed by atoms with Crippen LogP contribution in [-0.2, 0) is 20.7 Å². The normalized spacial score (nSPS) is 9.94. The SMILES string of the molecule is COC(=O)C(=O)Cc1cc(I)c(O)c(I)c1. The van der Waals surface area contributed by atoms with Crippen molar-refractivity contribution in [2.75, 3.05) is 7.11 Å². The van der Waals surface area contributed by atoms with Crippen molar-refractivity contribution in [1.82, 2.24) is 0 Å². The Balaban J connectivity index is 2.91. The fourth-order valence-corrected chi connectivity index (χ4v) is 2.99. The largest absolute Gasteiger partial charge is 0.506 e. The molecule has 1 rings (SSSR count). The number of carbonyl (C=O) groups is 2. The maximum Gasteiger partial charge on any atom is 0.374 e. The lowest BCUT2D eigenvalue weighted by Crippen LogP contribution is -2.17. The lowest BCUT2D eigenvalue weighted by Gasteiger charge is -2.04. The Morgan fingerprint density at radius 2 is 1.81 bits per heavy atom. The van der Waals surface area contributed by atoms with Gasteiger partial charge in [-0.15, -0.1) is 0 Å². The fourth-order valence-electron chi connectivity index (χ4n) is 1.09. The molecule has 0 heterocycles. The topological polar surface area (TPSA) is 63.6 Å². The molecule has 0 aliphatic rings. The predicted octanol–water partition coefficient (Wildman–Crippen LogP) is 1.89. The minimum atomic E-state index is -0.849. The fraction of sp³-hybridized carbons (Fsp3) is 0.200. The molecule has 1 N–H and O–H groups in total. The summed E-state index contributed by atoms with van der Waals surface area (Å²) < 4.78 is 5.63. The van der Waals surface area contributed by atoms with Crippen LogP contribution in [0.4, 0.5) is 0 Å². The molecule has 0 aliphatic carbocycles. The number of aromatic hydroxyl groups is 1. The number of Topliss-reactive ketones (excluding diaryl/α,β-unsaturated/α-hetero) is 1. The van der Waals surface area contributed by atoms with E-state index in [1.165, 1.54) is 7.11 Å². The summed E-state index contributed by atoms with van der Waals surface area (Å²) in [4.78, 5) is 22.2. The number of ether oxygens (including phenoxy) is 1. The van der Waals surface area contributed by atoms with Gasteiger partial charge in [-0.3, -0.25) is 4.79 Å². The summed E-state index contributed by atoms with van der Waals surface area (Å²) in [6.45, 7) is 0. The third-order valence-electron chi connectivity index (χ3n) is 1.85. The highest BCUT2D eigenvalue weighted by Crippen LogP contribution is 2.27. The number of phenols is 1. The lowest BCUT2D eigenvalue weighted by atomic mass is 10.1. The molecule has 0 saturated heterocycles. The minimum Gasteiger partial charge on any atom is -0.506 e. The molecule has 0 unspecified atom stereocenters. The molecular weight excluding hydrogens is 438 g/mol. The molecule has 0 saturated carbocycles. The van der Waals surface area contributed by atoms with Crippen molar-refractivity contribution < 1.29 is 19.4 Å². The summed E-state index contributed by atoms with van der Waals surface area (Å²) in [7, 11) is 1.17. The molecule has 4 nitrogen and oxygen atoms in total. The van der Waals surface area contributed by atoms with E-state index in [-0.39, 0.29) is 12.2 Å². The number of hydrogen-bond donors (Lipinski definition) is 1. The molecule has 86 valence electrons.